The van der Waals surface area contributed by atoms with Gasteiger partial charge in [0, 0.05) is 24.3 Å². The van der Waals surface area contributed by atoms with Gasteiger partial charge in [-0.25, -0.2) is 18.5 Å². The number of aromatic nitrogens is 2. The summed E-state index contributed by atoms with van der Waals surface area (Å²) in [5.41, 5.74) is 3.31. The topological polar surface area (TPSA) is 130 Å². The number of hydrogen-bond acceptors (Lipinski definition) is 6. The van der Waals surface area contributed by atoms with Crippen molar-refractivity contribution in [2.45, 2.75) is 12.8 Å². The second-order valence-electron chi connectivity index (χ2n) is 6.89. The Bertz CT molecular complexity index is 1320. The molecule has 1 amide bonds. The maximum Gasteiger partial charge on any atom is 0.263 e. The highest BCUT2D eigenvalue weighted by molar-refractivity contribution is 7.93. The zero-order valence-corrected chi connectivity index (χ0v) is 18.1. The minimum absolute atomic E-state index is 0.102. The molecule has 1 aliphatic rings. The number of sulfonamides is 1. The van der Waals surface area contributed by atoms with Crippen molar-refractivity contribution >= 4 is 49.7 Å². The number of primary sulfonamides is 1. The first-order chi connectivity index (χ1) is 14.9. The van der Waals surface area contributed by atoms with Crippen molar-refractivity contribution in [2.75, 3.05) is 11.9 Å². The first-order valence-electron chi connectivity index (χ1n) is 9.57. The summed E-state index contributed by atoms with van der Waals surface area (Å²) in [6, 6.07) is 5.67. The Labute approximate surface area is 183 Å². The summed E-state index contributed by atoms with van der Waals surface area (Å²) >= 11 is 1.36. The fourth-order valence-corrected chi connectivity index (χ4v) is 4.60. The fraction of sp³-hybridized carbons (Fsp3) is 0.143. The Kier molecular flexibility index (Phi) is 6.03. The minimum atomic E-state index is -3.72. The van der Waals surface area contributed by atoms with E-state index in [0.717, 1.165) is 28.0 Å². The van der Waals surface area contributed by atoms with Crippen LogP contribution in [0.2, 0.25) is 0 Å². The van der Waals surface area contributed by atoms with E-state index in [0.29, 0.717) is 24.3 Å². The van der Waals surface area contributed by atoms with E-state index >= 15 is 0 Å². The number of H-pyrrole nitrogens is 1. The van der Waals surface area contributed by atoms with Gasteiger partial charge in [0.05, 0.1) is 16.3 Å². The lowest BCUT2D eigenvalue weighted by Crippen LogP contribution is -2.24. The zero-order chi connectivity index (χ0) is 21.8. The summed E-state index contributed by atoms with van der Waals surface area (Å²) in [5.74, 6) is -0.168. The third-order valence-corrected chi connectivity index (χ3v) is 6.66. The number of carbonyl (C=O) groups is 1. The van der Waals surface area contributed by atoms with Crippen LogP contribution in [0, 0.1) is 0 Å². The first-order valence-corrected chi connectivity index (χ1v) is 12.0. The molecule has 31 heavy (non-hydrogen) atoms. The van der Waals surface area contributed by atoms with Crippen molar-refractivity contribution in [3.63, 3.8) is 0 Å². The summed E-state index contributed by atoms with van der Waals surface area (Å²) in [7, 11) is -3.72. The molecule has 1 aliphatic carbocycles. The standard InChI is InChI=1S/C21H21N5O3S2/c22-31(28,29)15-3-1-2-14(4-5-15)6-10-25-21(27)19-18(9-13-30-19)26-17-8-12-24-20-16(17)7-11-23-20/h2-5,7-9,11-13H,1,6,10H2,(H,25,27)(H2,22,28,29)(H2,23,24,26). The highest BCUT2D eigenvalue weighted by atomic mass is 32.2. The van der Waals surface area contributed by atoms with Gasteiger partial charge in [0.25, 0.3) is 5.91 Å². The highest BCUT2D eigenvalue weighted by Gasteiger charge is 2.15. The van der Waals surface area contributed by atoms with Crippen LogP contribution in [0.15, 0.2) is 70.8 Å². The lowest BCUT2D eigenvalue weighted by Gasteiger charge is -2.09. The average molecular weight is 456 g/mol. The number of hydrogen-bond donors (Lipinski definition) is 4. The van der Waals surface area contributed by atoms with Gasteiger partial charge in [0.2, 0.25) is 10.0 Å². The molecule has 0 bridgehead atoms. The van der Waals surface area contributed by atoms with Crippen LogP contribution in [0.3, 0.4) is 0 Å². The van der Waals surface area contributed by atoms with Crippen molar-refractivity contribution < 1.29 is 13.2 Å². The Hall–Kier alpha value is -3.21. The van der Waals surface area contributed by atoms with Crippen LogP contribution in [0.4, 0.5) is 11.4 Å². The van der Waals surface area contributed by atoms with Gasteiger partial charge in [0.15, 0.2) is 0 Å². The number of amides is 1. The number of fused-ring (bicyclic) bond motifs is 1. The molecule has 0 fully saturated rings. The van der Waals surface area contributed by atoms with Crippen molar-refractivity contribution in [3.8, 4) is 0 Å². The van der Waals surface area contributed by atoms with Crippen LogP contribution in [0.5, 0.6) is 0 Å². The monoisotopic (exact) mass is 455 g/mol. The van der Waals surface area contributed by atoms with Crippen molar-refractivity contribution in [1.29, 1.82) is 0 Å². The number of nitrogens with one attached hydrogen (secondary N) is 3. The molecule has 0 atom stereocenters. The second-order valence-corrected chi connectivity index (χ2v) is 9.37. The average Bonchev–Trinajstić information content (AvgIpc) is 3.32. The van der Waals surface area contributed by atoms with Crippen LogP contribution < -0.4 is 15.8 Å². The number of anilines is 2. The maximum atomic E-state index is 12.7. The van der Waals surface area contributed by atoms with E-state index in [9.17, 15) is 13.2 Å². The predicted molar refractivity (Wildman–Crippen MR) is 124 cm³/mol. The summed E-state index contributed by atoms with van der Waals surface area (Å²) in [4.78, 5) is 20.7. The minimum Gasteiger partial charge on any atom is -0.354 e. The predicted octanol–water partition coefficient (Wildman–Crippen LogP) is 3.55. The molecule has 0 saturated carbocycles. The van der Waals surface area contributed by atoms with Crippen molar-refractivity contribution in [3.05, 3.63) is 75.6 Å². The van der Waals surface area contributed by atoms with E-state index in [1.54, 1.807) is 18.3 Å². The molecule has 0 aliphatic heterocycles. The fourth-order valence-electron chi connectivity index (χ4n) is 3.25. The van der Waals surface area contributed by atoms with Crippen molar-refractivity contribution in [2.24, 2.45) is 5.14 Å². The number of carbonyl (C=O) groups excluding carboxylic acids is 1. The number of nitrogens with two attached hydrogens (primary N) is 1. The maximum absolute atomic E-state index is 12.7. The van der Waals surface area contributed by atoms with Gasteiger partial charge in [-0.1, -0.05) is 18.2 Å². The van der Waals surface area contributed by atoms with E-state index in [-0.39, 0.29) is 10.8 Å². The molecule has 5 N–H and O–H groups in total. The number of nitrogens with zero attached hydrogens (tertiary/aromatic N) is 1. The van der Waals surface area contributed by atoms with Gasteiger partial charge < -0.3 is 15.6 Å². The summed E-state index contributed by atoms with van der Waals surface area (Å²) in [5, 5.41) is 14.2. The van der Waals surface area contributed by atoms with Gasteiger partial charge in [-0.2, -0.15) is 0 Å². The van der Waals surface area contributed by atoms with Crippen molar-refractivity contribution in [1.82, 2.24) is 15.3 Å². The van der Waals surface area contributed by atoms with Crippen LogP contribution in [-0.2, 0) is 10.0 Å². The second kappa shape index (κ2) is 8.88. The van der Waals surface area contributed by atoms with E-state index in [4.69, 9.17) is 5.14 Å². The Morgan fingerprint density at radius 1 is 1.19 bits per heavy atom. The Morgan fingerprint density at radius 3 is 2.90 bits per heavy atom. The lowest BCUT2D eigenvalue weighted by molar-refractivity contribution is 0.0959. The number of rotatable bonds is 7. The molecule has 4 rings (SSSR count). The summed E-state index contributed by atoms with van der Waals surface area (Å²) in [6.45, 7) is 0.425. The Morgan fingerprint density at radius 2 is 2.06 bits per heavy atom. The van der Waals surface area contributed by atoms with E-state index in [2.05, 4.69) is 20.6 Å². The molecule has 0 aromatic carbocycles. The molecule has 160 valence electrons. The van der Waals surface area contributed by atoms with Crippen LogP contribution in [-0.4, -0.2) is 30.8 Å². The molecule has 3 heterocycles. The zero-order valence-electron chi connectivity index (χ0n) is 16.5. The molecule has 3 aromatic heterocycles. The van der Waals surface area contributed by atoms with Gasteiger partial charge in [-0.15, -0.1) is 11.3 Å². The van der Waals surface area contributed by atoms with Crippen LogP contribution in [0.25, 0.3) is 11.0 Å². The molecular weight excluding hydrogens is 434 g/mol. The molecular formula is C21H21N5O3S2. The highest BCUT2D eigenvalue weighted by Crippen LogP contribution is 2.29. The van der Waals surface area contributed by atoms with Crippen LogP contribution in [0.1, 0.15) is 22.5 Å². The Balaban J connectivity index is 1.37. The SMILES string of the molecule is NS(=O)(=O)C1=CCC=C(CCNC(=O)c2sccc2Nc2ccnc3[nH]ccc23)C=C1. The van der Waals surface area contributed by atoms with E-state index in [1.165, 1.54) is 17.4 Å². The lowest BCUT2D eigenvalue weighted by atomic mass is 10.1. The molecule has 10 heteroatoms. The van der Waals surface area contributed by atoms with E-state index in [1.807, 2.05) is 35.9 Å². The smallest absolute Gasteiger partial charge is 0.263 e. The third-order valence-electron chi connectivity index (χ3n) is 4.79. The van der Waals surface area contributed by atoms with Gasteiger partial charge >= 0.3 is 0 Å². The number of aromatic amines is 1. The molecule has 0 spiro atoms. The van der Waals surface area contributed by atoms with E-state index < -0.39 is 10.0 Å². The third kappa shape index (κ3) is 4.93. The number of pyridine rings is 1. The molecule has 3 aromatic rings. The molecule has 8 nitrogen and oxygen atoms in total. The molecule has 0 radical (unpaired) electrons. The quantitative estimate of drug-likeness (QED) is 0.433. The number of allylic oxidation sites excluding steroid dienone is 4. The largest absolute Gasteiger partial charge is 0.354 e. The summed E-state index contributed by atoms with van der Waals surface area (Å²) in [6.07, 6.45) is 11.3. The van der Waals surface area contributed by atoms with Gasteiger partial charge in [0.1, 0.15) is 10.5 Å². The van der Waals surface area contributed by atoms with Gasteiger partial charge in [-0.05, 0) is 48.1 Å². The summed E-state index contributed by atoms with van der Waals surface area (Å²) < 4.78 is 22.9. The number of thiophene rings is 1. The van der Waals surface area contributed by atoms with Crippen LogP contribution >= 0.6 is 11.3 Å². The van der Waals surface area contributed by atoms with Gasteiger partial charge in [-0.3, -0.25) is 4.79 Å². The molecule has 0 unspecified atom stereocenters. The first kappa shape index (κ1) is 21.0. The molecule has 0 saturated heterocycles. The normalized spacial score (nSPS) is 14.1.